The van der Waals surface area contributed by atoms with Crippen molar-refractivity contribution in [3.8, 4) is 5.75 Å². The molecule has 3 nitrogen and oxygen atoms in total. The van der Waals surface area contributed by atoms with Gasteiger partial charge in [0.15, 0.2) is 0 Å². The third-order valence-electron chi connectivity index (χ3n) is 5.26. The molecule has 0 atom stereocenters. The molecule has 1 fully saturated rings. The Balaban J connectivity index is 1.53. The number of aliphatic hydroxyl groups is 1. The Morgan fingerprint density at radius 2 is 1.70 bits per heavy atom. The fraction of sp³-hybridized carbons (Fsp3) is 0.261. The largest absolute Gasteiger partial charge is 0.489 e. The van der Waals surface area contributed by atoms with Crippen molar-refractivity contribution in [3.63, 3.8) is 0 Å². The summed E-state index contributed by atoms with van der Waals surface area (Å²) in [5.74, 6) is 0.0682. The number of ketones is 1. The van der Waals surface area contributed by atoms with Crippen LogP contribution in [0.3, 0.4) is 0 Å². The molecule has 3 aromatic rings. The van der Waals surface area contributed by atoms with Gasteiger partial charge in [0.25, 0.3) is 0 Å². The predicted molar refractivity (Wildman–Crippen MR) is 102 cm³/mol. The van der Waals surface area contributed by atoms with Crippen LogP contribution in [-0.4, -0.2) is 10.9 Å². The highest BCUT2D eigenvalue weighted by Gasteiger charge is 2.34. The number of ether oxygens (including phenoxy) is 1. The number of halogens is 1. The van der Waals surface area contributed by atoms with Gasteiger partial charge >= 0.3 is 0 Å². The Hall–Kier alpha value is -2.72. The first-order chi connectivity index (χ1) is 13.0. The SMILES string of the molecule is O=C1CCC(O)(c2cc(F)cc(OCc3ccc4ccccc4c3)c2)CC1. The molecule has 1 aliphatic rings. The molecule has 4 heteroatoms. The van der Waals surface area contributed by atoms with Gasteiger partial charge in [0.1, 0.15) is 24.0 Å². The normalized spacial score (nSPS) is 16.4. The Labute approximate surface area is 157 Å². The average molecular weight is 364 g/mol. The Bertz CT molecular complexity index is 986. The fourth-order valence-corrected chi connectivity index (χ4v) is 3.64. The lowest BCUT2D eigenvalue weighted by Gasteiger charge is -2.32. The lowest BCUT2D eigenvalue weighted by atomic mass is 9.79. The Morgan fingerprint density at radius 3 is 2.48 bits per heavy atom. The van der Waals surface area contributed by atoms with Crippen molar-refractivity contribution in [2.75, 3.05) is 0 Å². The zero-order valence-electron chi connectivity index (χ0n) is 15.0. The van der Waals surface area contributed by atoms with Crippen molar-refractivity contribution in [1.82, 2.24) is 0 Å². The minimum atomic E-state index is -1.17. The molecule has 1 N–H and O–H groups in total. The molecular formula is C23H21FO3. The molecule has 4 rings (SSSR count). The van der Waals surface area contributed by atoms with E-state index in [1.807, 2.05) is 30.3 Å². The zero-order valence-corrected chi connectivity index (χ0v) is 15.0. The molecule has 0 heterocycles. The molecule has 0 saturated heterocycles. The van der Waals surface area contributed by atoms with Crippen LogP contribution in [0.15, 0.2) is 60.7 Å². The topological polar surface area (TPSA) is 46.5 Å². The summed E-state index contributed by atoms with van der Waals surface area (Å²) in [5.41, 5.74) is 0.293. The molecule has 0 unspecified atom stereocenters. The molecule has 0 aliphatic heterocycles. The molecule has 0 bridgehead atoms. The van der Waals surface area contributed by atoms with Gasteiger partial charge in [-0.1, -0.05) is 36.4 Å². The summed E-state index contributed by atoms with van der Waals surface area (Å²) in [6.07, 6.45) is 1.28. The van der Waals surface area contributed by atoms with E-state index < -0.39 is 11.4 Å². The van der Waals surface area contributed by atoms with E-state index in [0.29, 0.717) is 43.6 Å². The number of hydrogen-bond acceptors (Lipinski definition) is 3. The summed E-state index contributed by atoms with van der Waals surface area (Å²) in [6, 6.07) is 18.5. The Morgan fingerprint density at radius 1 is 0.963 bits per heavy atom. The predicted octanol–water partition coefficient (Wildman–Crippen LogP) is 4.89. The molecule has 0 aromatic heterocycles. The molecule has 3 aromatic carbocycles. The van der Waals surface area contributed by atoms with Gasteiger partial charge in [-0.05, 0) is 52.9 Å². The van der Waals surface area contributed by atoms with Gasteiger partial charge in [0, 0.05) is 18.9 Å². The maximum absolute atomic E-state index is 14.1. The van der Waals surface area contributed by atoms with Crippen LogP contribution in [0.2, 0.25) is 0 Å². The maximum Gasteiger partial charge on any atom is 0.133 e. The van der Waals surface area contributed by atoms with E-state index in [2.05, 4.69) is 12.1 Å². The average Bonchev–Trinajstić information content (AvgIpc) is 2.68. The van der Waals surface area contributed by atoms with Crippen LogP contribution in [0.5, 0.6) is 5.75 Å². The van der Waals surface area contributed by atoms with E-state index in [-0.39, 0.29) is 5.78 Å². The molecule has 138 valence electrons. The highest BCUT2D eigenvalue weighted by molar-refractivity contribution is 5.83. The quantitative estimate of drug-likeness (QED) is 0.717. The van der Waals surface area contributed by atoms with Crippen molar-refractivity contribution >= 4 is 16.6 Å². The van der Waals surface area contributed by atoms with Crippen LogP contribution >= 0.6 is 0 Å². The second kappa shape index (κ2) is 7.12. The van der Waals surface area contributed by atoms with Crippen LogP contribution < -0.4 is 4.74 Å². The maximum atomic E-state index is 14.1. The summed E-state index contributed by atoms with van der Waals surface area (Å²) in [7, 11) is 0. The van der Waals surface area contributed by atoms with Gasteiger partial charge in [0.2, 0.25) is 0 Å². The minimum absolute atomic E-state index is 0.142. The summed E-state index contributed by atoms with van der Waals surface area (Å²) in [6.45, 7) is 0.310. The van der Waals surface area contributed by atoms with E-state index in [1.54, 1.807) is 6.07 Å². The summed E-state index contributed by atoms with van der Waals surface area (Å²) < 4.78 is 19.9. The van der Waals surface area contributed by atoms with Gasteiger partial charge in [-0.15, -0.1) is 0 Å². The first-order valence-corrected chi connectivity index (χ1v) is 9.17. The lowest BCUT2D eigenvalue weighted by Crippen LogP contribution is -2.31. The first-order valence-electron chi connectivity index (χ1n) is 9.17. The van der Waals surface area contributed by atoms with Gasteiger partial charge in [-0.2, -0.15) is 0 Å². The number of carbonyl (C=O) groups excluding carboxylic acids is 1. The second-order valence-electron chi connectivity index (χ2n) is 7.22. The minimum Gasteiger partial charge on any atom is -0.489 e. The standard InChI is InChI=1S/C23H21FO3/c24-20-12-19(23(26)9-7-21(25)8-10-23)13-22(14-20)27-15-16-5-6-17-3-1-2-4-18(17)11-16/h1-6,11-14,26H,7-10,15H2. The number of benzene rings is 3. The number of fused-ring (bicyclic) bond motifs is 1. The second-order valence-corrected chi connectivity index (χ2v) is 7.22. The van der Waals surface area contributed by atoms with Crippen molar-refractivity contribution in [1.29, 1.82) is 0 Å². The van der Waals surface area contributed by atoms with Crippen LogP contribution in [0.1, 0.15) is 36.8 Å². The first kappa shape index (κ1) is 17.7. The third-order valence-corrected chi connectivity index (χ3v) is 5.26. The van der Waals surface area contributed by atoms with Crippen molar-refractivity contribution < 1.29 is 19.0 Å². The summed E-state index contributed by atoms with van der Waals surface area (Å²) >= 11 is 0. The number of hydrogen-bond donors (Lipinski definition) is 1. The molecule has 0 amide bonds. The highest BCUT2D eigenvalue weighted by atomic mass is 19.1. The van der Waals surface area contributed by atoms with E-state index >= 15 is 0 Å². The molecule has 1 saturated carbocycles. The molecule has 1 aliphatic carbocycles. The van der Waals surface area contributed by atoms with E-state index in [9.17, 15) is 14.3 Å². The van der Waals surface area contributed by atoms with Crippen molar-refractivity contribution in [2.45, 2.75) is 37.9 Å². The zero-order chi connectivity index (χ0) is 18.9. The van der Waals surface area contributed by atoms with E-state index in [1.165, 1.54) is 12.1 Å². The van der Waals surface area contributed by atoms with Gasteiger partial charge in [-0.25, -0.2) is 4.39 Å². The third kappa shape index (κ3) is 3.86. The molecule has 0 spiro atoms. The van der Waals surface area contributed by atoms with Crippen LogP contribution in [0.25, 0.3) is 10.8 Å². The van der Waals surface area contributed by atoms with Crippen molar-refractivity contribution in [3.05, 3.63) is 77.6 Å². The van der Waals surface area contributed by atoms with E-state index in [0.717, 1.165) is 16.3 Å². The van der Waals surface area contributed by atoms with Gasteiger partial charge in [0.05, 0.1) is 5.60 Å². The fourth-order valence-electron chi connectivity index (χ4n) is 3.64. The van der Waals surface area contributed by atoms with Crippen LogP contribution in [0, 0.1) is 5.82 Å². The number of carbonyl (C=O) groups is 1. The van der Waals surface area contributed by atoms with Crippen molar-refractivity contribution in [2.24, 2.45) is 0 Å². The highest BCUT2D eigenvalue weighted by Crippen LogP contribution is 2.37. The monoisotopic (exact) mass is 364 g/mol. The number of rotatable bonds is 4. The molecular weight excluding hydrogens is 343 g/mol. The smallest absolute Gasteiger partial charge is 0.133 e. The van der Waals surface area contributed by atoms with E-state index in [4.69, 9.17) is 4.74 Å². The number of Topliss-reactive ketones (excluding diaryl/α,β-unsaturated/α-hetero) is 1. The van der Waals surface area contributed by atoms with Crippen LogP contribution in [-0.2, 0) is 17.0 Å². The molecule has 0 radical (unpaired) electrons. The lowest BCUT2D eigenvalue weighted by molar-refractivity contribution is -0.125. The van der Waals surface area contributed by atoms with Crippen LogP contribution in [0.4, 0.5) is 4.39 Å². The summed E-state index contributed by atoms with van der Waals surface area (Å²) in [4.78, 5) is 11.5. The van der Waals surface area contributed by atoms with Gasteiger partial charge in [-0.3, -0.25) is 4.79 Å². The molecule has 27 heavy (non-hydrogen) atoms. The Kier molecular flexibility index (Phi) is 4.66. The summed E-state index contributed by atoms with van der Waals surface area (Å²) in [5, 5.41) is 13.1. The van der Waals surface area contributed by atoms with Gasteiger partial charge < -0.3 is 9.84 Å².